The molecular formula is C24H16O7. The Morgan fingerprint density at radius 3 is 2.42 bits per heavy atom. The van der Waals surface area contributed by atoms with E-state index < -0.39 is 17.3 Å². The highest BCUT2D eigenvalue weighted by Crippen LogP contribution is 2.46. The van der Waals surface area contributed by atoms with Gasteiger partial charge in [-0.3, -0.25) is 9.59 Å². The van der Waals surface area contributed by atoms with E-state index in [1.807, 2.05) is 0 Å². The average molecular weight is 416 g/mol. The highest BCUT2D eigenvalue weighted by Gasteiger charge is 2.33. The molecule has 0 spiro atoms. The number of carbonyl (C=O) groups is 1. The van der Waals surface area contributed by atoms with Crippen LogP contribution in [0.25, 0.3) is 22.1 Å². The summed E-state index contributed by atoms with van der Waals surface area (Å²) in [7, 11) is 0. The number of esters is 1. The van der Waals surface area contributed by atoms with Gasteiger partial charge in [-0.1, -0.05) is 24.3 Å². The van der Waals surface area contributed by atoms with Crippen molar-refractivity contribution in [3.8, 4) is 34.1 Å². The molecule has 0 fully saturated rings. The van der Waals surface area contributed by atoms with Crippen LogP contribution in [0.5, 0.6) is 23.0 Å². The number of aromatic hydroxyl groups is 3. The van der Waals surface area contributed by atoms with Crippen molar-refractivity contribution >= 4 is 16.9 Å². The van der Waals surface area contributed by atoms with E-state index in [0.29, 0.717) is 16.7 Å². The van der Waals surface area contributed by atoms with Gasteiger partial charge in [-0.05, 0) is 35.4 Å². The van der Waals surface area contributed by atoms with Gasteiger partial charge in [0.25, 0.3) is 0 Å². The standard InChI is InChI=1S/C24H16O7/c25-14-6-4-12(5-7-14)17-11-30-24-21-16(13-2-1-3-15(26)8-13)9-20(28)31-19(21)10-18(27)22(24)23(17)29/h1-8,10-11,16,25-27H,9H2/t16-/m1/s1. The van der Waals surface area contributed by atoms with E-state index >= 15 is 0 Å². The van der Waals surface area contributed by atoms with E-state index in [4.69, 9.17) is 9.15 Å². The van der Waals surface area contributed by atoms with Crippen molar-refractivity contribution < 1.29 is 29.3 Å². The maximum atomic E-state index is 13.3. The van der Waals surface area contributed by atoms with Gasteiger partial charge in [0.2, 0.25) is 5.43 Å². The molecule has 0 saturated heterocycles. The number of hydrogen-bond donors (Lipinski definition) is 3. The third-order valence-corrected chi connectivity index (χ3v) is 5.42. The molecule has 7 nitrogen and oxygen atoms in total. The zero-order valence-electron chi connectivity index (χ0n) is 16.0. The molecule has 0 bridgehead atoms. The molecule has 1 aliphatic rings. The molecule has 154 valence electrons. The van der Waals surface area contributed by atoms with Gasteiger partial charge >= 0.3 is 5.97 Å². The van der Waals surface area contributed by atoms with Crippen molar-refractivity contribution in [2.75, 3.05) is 0 Å². The molecule has 3 N–H and O–H groups in total. The van der Waals surface area contributed by atoms with Gasteiger partial charge in [-0.15, -0.1) is 0 Å². The van der Waals surface area contributed by atoms with Crippen molar-refractivity contribution in [3.05, 3.63) is 82.2 Å². The Morgan fingerprint density at radius 2 is 1.68 bits per heavy atom. The first-order valence-electron chi connectivity index (χ1n) is 9.53. The quantitative estimate of drug-likeness (QED) is 0.334. The smallest absolute Gasteiger partial charge is 0.312 e. The first kappa shape index (κ1) is 18.7. The van der Waals surface area contributed by atoms with E-state index in [-0.39, 0.29) is 46.0 Å². The summed E-state index contributed by atoms with van der Waals surface area (Å²) >= 11 is 0. The first-order valence-corrected chi connectivity index (χ1v) is 9.53. The van der Waals surface area contributed by atoms with Gasteiger partial charge in [0.05, 0.1) is 12.0 Å². The zero-order chi connectivity index (χ0) is 21.7. The second-order valence-corrected chi connectivity index (χ2v) is 7.36. The molecule has 1 atom stereocenters. The topological polar surface area (TPSA) is 117 Å². The van der Waals surface area contributed by atoms with Crippen molar-refractivity contribution in [3.63, 3.8) is 0 Å². The van der Waals surface area contributed by atoms with Crippen molar-refractivity contribution in [1.82, 2.24) is 0 Å². The lowest BCUT2D eigenvalue weighted by Crippen LogP contribution is -2.22. The Morgan fingerprint density at radius 1 is 0.903 bits per heavy atom. The van der Waals surface area contributed by atoms with Crippen LogP contribution in [0.3, 0.4) is 0 Å². The average Bonchev–Trinajstić information content (AvgIpc) is 2.74. The van der Waals surface area contributed by atoms with Gasteiger partial charge in [-0.2, -0.15) is 0 Å². The molecule has 4 aromatic rings. The van der Waals surface area contributed by atoms with Crippen LogP contribution in [0.15, 0.2) is 70.1 Å². The molecule has 2 heterocycles. The summed E-state index contributed by atoms with van der Waals surface area (Å²) in [6, 6.07) is 13.7. The van der Waals surface area contributed by atoms with Crippen molar-refractivity contribution in [2.24, 2.45) is 0 Å². The predicted octanol–water partition coefficient (Wildman–Crippen LogP) is 4.02. The molecular weight excluding hydrogens is 400 g/mol. The first-order chi connectivity index (χ1) is 14.9. The fourth-order valence-electron chi connectivity index (χ4n) is 4.00. The van der Waals surface area contributed by atoms with Crippen LogP contribution < -0.4 is 10.2 Å². The van der Waals surface area contributed by atoms with Gasteiger partial charge < -0.3 is 24.5 Å². The van der Waals surface area contributed by atoms with Crippen LogP contribution in [-0.4, -0.2) is 21.3 Å². The normalized spacial score (nSPS) is 15.5. The van der Waals surface area contributed by atoms with Gasteiger partial charge in [0, 0.05) is 17.5 Å². The summed E-state index contributed by atoms with van der Waals surface area (Å²) in [5.41, 5.74) is 1.48. The Bertz CT molecular complexity index is 1400. The molecule has 0 saturated carbocycles. The lowest BCUT2D eigenvalue weighted by Gasteiger charge is -2.26. The SMILES string of the molecule is O=C1C[C@H](c2cccc(O)c2)c2c(cc(O)c3c(=O)c(-c4ccc(O)cc4)coc23)O1. The Labute approximate surface area is 175 Å². The molecule has 0 aliphatic carbocycles. The Balaban J connectivity index is 1.78. The minimum absolute atomic E-state index is 0.0141. The number of fused-ring (bicyclic) bond motifs is 3. The monoisotopic (exact) mass is 416 g/mol. The van der Waals surface area contributed by atoms with Crippen LogP contribution in [0.2, 0.25) is 0 Å². The highest BCUT2D eigenvalue weighted by molar-refractivity contribution is 5.94. The van der Waals surface area contributed by atoms with Gasteiger partial charge in [0.1, 0.15) is 40.2 Å². The zero-order valence-corrected chi connectivity index (χ0v) is 16.0. The van der Waals surface area contributed by atoms with Crippen LogP contribution in [0.1, 0.15) is 23.5 Å². The number of ether oxygens (including phenoxy) is 1. The van der Waals surface area contributed by atoms with Crippen LogP contribution >= 0.6 is 0 Å². The Kier molecular flexibility index (Phi) is 4.18. The molecule has 0 unspecified atom stereocenters. The molecule has 7 heteroatoms. The molecule has 3 aromatic carbocycles. The number of rotatable bonds is 2. The number of carbonyl (C=O) groups excluding carboxylic acids is 1. The fraction of sp³-hybridized carbons (Fsp3) is 0.0833. The van der Waals surface area contributed by atoms with E-state index in [1.54, 1.807) is 24.3 Å². The number of phenolic OH excluding ortho intramolecular Hbond substituents is 3. The number of hydrogen-bond acceptors (Lipinski definition) is 7. The molecule has 31 heavy (non-hydrogen) atoms. The minimum atomic E-state index is -0.533. The maximum absolute atomic E-state index is 13.3. The predicted molar refractivity (Wildman–Crippen MR) is 111 cm³/mol. The van der Waals surface area contributed by atoms with Gasteiger partial charge in [-0.25, -0.2) is 0 Å². The maximum Gasteiger partial charge on any atom is 0.312 e. The summed E-state index contributed by atoms with van der Waals surface area (Å²) in [5.74, 6) is -1.20. The molecule has 5 rings (SSSR count). The third kappa shape index (κ3) is 3.07. The molecule has 0 radical (unpaired) electrons. The van der Waals surface area contributed by atoms with Crippen LogP contribution in [0, 0.1) is 0 Å². The van der Waals surface area contributed by atoms with Crippen LogP contribution in [-0.2, 0) is 4.79 Å². The third-order valence-electron chi connectivity index (χ3n) is 5.42. The summed E-state index contributed by atoms with van der Waals surface area (Å²) in [6.07, 6.45) is 1.27. The molecule has 1 aromatic heterocycles. The summed E-state index contributed by atoms with van der Waals surface area (Å²) < 4.78 is 11.1. The summed E-state index contributed by atoms with van der Waals surface area (Å²) in [4.78, 5) is 25.4. The van der Waals surface area contributed by atoms with Crippen molar-refractivity contribution in [1.29, 1.82) is 0 Å². The number of phenols is 3. The van der Waals surface area contributed by atoms with E-state index in [0.717, 1.165) is 0 Å². The fourth-order valence-corrected chi connectivity index (χ4v) is 4.00. The lowest BCUT2D eigenvalue weighted by atomic mass is 9.85. The van der Waals surface area contributed by atoms with Gasteiger partial charge in [0.15, 0.2) is 0 Å². The van der Waals surface area contributed by atoms with Crippen LogP contribution in [0.4, 0.5) is 0 Å². The molecule has 0 amide bonds. The Hall–Kier alpha value is -4.26. The highest BCUT2D eigenvalue weighted by atomic mass is 16.5. The second-order valence-electron chi connectivity index (χ2n) is 7.36. The lowest BCUT2D eigenvalue weighted by molar-refractivity contribution is -0.135. The summed E-state index contributed by atoms with van der Waals surface area (Å²) in [6.45, 7) is 0. The van der Waals surface area contributed by atoms with E-state index in [1.165, 1.54) is 36.6 Å². The van der Waals surface area contributed by atoms with E-state index in [9.17, 15) is 24.9 Å². The molecule has 1 aliphatic heterocycles. The largest absolute Gasteiger partial charge is 0.508 e. The minimum Gasteiger partial charge on any atom is -0.508 e. The summed E-state index contributed by atoms with van der Waals surface area (Å²) in [5, 5.41) is 29.9. The van der Waals surface area contributed by atoms with E-state index in [2.05, 4.69) is 0 Å². The second kappa shape index (κ2) is 6.91. The number of benzene rings is 3. The van der Waals surface area contributed by atoms with Crippen molar-refractivity contribution in [2.45, 2.75) is 12.3 Å².